The molecule has 1 atom stereocenters. The Bertz CT molecular complexity index is 499. The van der Waals surface area contributed by atoms with E-state index < -0.39 is 11.8 Å². The van der Waals surface area contributed by atoms with Gasteiger partial charge < -0.3 is 10.1 Å². The number of carbonyl (C=O) groups is 1. The van der Waals surface area contributed by atoms with Crippen LogP contribution in [0.4, 0.5) is 18.9 Å². The van der Waals surface area contributed by atoms with Crippen LogP contribution in [-0.4, -0.2) is 12.3 Å². The molecule has 0 aromatic heterocycles. The van der Waals surface area contributed by atoms with Crippen molar-refractivity contribution in [1.29, 1.82) is 0 Å². The molecule has 6 heteroatoms. The maximum Gasteiger partial charge on any atom is 0.573 e. The molecule has 1 aliphatic heterocycles. The second kappa shape index (κ2) is 3.90. The Kier molecular flexibility index (Phi) is 2.76. The monoisotopic (exact) mass is 259 g/mol. The average Bonchev–Trinajstić information content (AvgIpc) is 2.52. The van der Waals surface area contributed by atoms with Crippen molar-refractivity contribution in [3.8, 4) is 5.75 Å². The fraction of sp³-hybridized carbons (Fsp3) is 0.417. The van der Waals surface area contributed by atoms with E-state index in [0.717, 1.165) is 0 Å². The van der Waals surface area contributed by atoms with Crippen LogP contribution < -0.4 is 10.1 Å². The summed E-state index contributed by atoms with van der Waals surface area (Å²) in [6.07, 6.45) is -4.27. The third-order valence-electron chi connectivity index (χ3n) is 3.29. The molecule has 1 N–H and O–H groups in total. The van der Waals surface area contributed by atoms with Gasteiger partial charge in [-0.1, -0.05) is 19.1 Å². The Morgan fingerprint density at radius 1 is 1.39 bits per heavy atom. The van der Waals surface area contributed by atoms with E-state index in [0.29, 0.717) is 12.0 Å². The number of amides is 1. The Morgan fingerprint density at radius 3 is 2.61 bits per heavy atom. The van der Waals surface area contributed by atoms with Gasteiger partial charge in [-0.2, -0.15) is 0 Å². The van der Waals surface area contributed by atoms with Gasteiger partial charge in [0.05, 0.1) is 11.1 Å². The molecule has 2 rings (SSSR count). The lowest BCUT2D eigenvalue weighted by Gasteiger charge is -2.19. The first-order chi connectivity index (χ1) is 8.28. The zero-order valence-corrected chi connectivity index (χ0v) is 9.89. The molecule has 0 aliphatic carbocycles. The minimum Gasteiger partial charge on any atom is -0.404 e. The van der Waals surface area contributed by atoms with Crippen molar-refractivity contribution in [2.45, 2.75) is 32.0 Å². The van der Waals surface area contributed by atoms with Gasteiger partial charge in [-0.15, -0.1) is 13.2 Å². The van der Waals surface area contributed by atoms with Gasteiger partial charge in [-0.25, -0.2) is 0 Å². The van der Waals surface area contributed by atoms with E-state index in [-0.39, 0.29) is 17.3 Å². The minimum atomic E-state index is -4.77. The van der Waals surface area contributed by atoms with Gasteiger partial charge in [0.1, 0.15) is 0 Å². The van der Waals surface area contributed by atoms with Gasteiger partial charge in [0, 0.05) is 0 Å². The molecule has 1 unspecified atom stereocenters. The van der Waals surface area contributed by atoms with Crippen LogP contribution in [0.1, 0.15) is 25.8 Å². The molecule has 1 aliphatic rings. The number of benzene rings is 1. The first-order valence-electron chi connectivity index (χ1n) is 5.48. The standard InChI is InChI=1S/C12H12F3NO2/c1-3-11(2)7-5-4-6-8(18-12(13,14)15)9(7)16-10(11)17/h4-6H,3H2,1-2H3,(H,16,17). The summed E-state index contributed by atoms with van der Waals surface area (Å²) in [6.45, 7) is 3.51. The van der Waals surface area contributed by atoms with Crippen molar-refractivity contribution in [1.82, 2.24) is 0 Å². The number of hydrogen-bond acceptors (Lipinski definition) is 2. The quantitative estimate of drug-likeness (QED) is 0.885. The summed E-state index contributed by atoms with van der Waals surface area (Å²) in [7, 11) is 0. The normalized spacial score (nSPS) is 22.6. The van der Waals surface area contributed by atoms with E-state index in [1.807, 2.05) is 6.92 Å². The van der Waals surface area contributed by atoms with Gasteiger partial charge in [-0.05, 0) is 25.0 Å². The molecule has 1 heterocycles. The molecule has 98 valence electrons. The van der Waals surface area contributed by atoms with Gasteiger partial charge in [0.2, 0.25) is 5.91 Å². The number of ether oxygens (including phenoxy) is 1. The Labute approximate surface area is 102 Å². The van der Waals surface area contributed by atoms with Crippen LogP contribution in [0.2, 0.25) is 0 Å². The second-order valence-electron chi connectivity index (χ2n) is 4.37. The van der Waals surface area contributed by atoms with E-state index in [1.54, 1.807) is 13.0 Å². The topological polar surface area (TPSA) is 38.3 Å². The Hall–Kier alpha value is -1.72. The lowest BCUT2D eigenvalue weighted by molar-refractivity contribution is -0.274. The number of nitrogens with one attached hydrogen (secondary N) is 1. The van der Waals surface area contributed by atoms with Gasteiger partial charge in [0.25, 0.3) is 0 Å². The summed E-state index contributed by atoms with van der Waals surface area (Å²) < 4.78 is 40.7. The maximum absolute atomic E-state index is 12.2. The molecule has 0 bridgehead atoms. The highest BCUT2D eigenvalue weighted by atomic mass is 19.4. The molecule has 18 heavy (non-hydrogen) atoms. The van der Waals surface area contributed by atoms with E-state index in [1.165, 1.54) is 12.1 Å². The van der Waals surface area contributed by atoms with Crippen molar-refractivity contribution >= 4 is 11.6 Å². The average molecular weight is 259 g/mol. The highest BCUT2D eigenvalue weighted by Gasteiger charge is 2.43. The summed E-state index contributed by atoms with van der Waals surface area (Å²) in [5.74, 6) is -0.677. The molecule has 1 aromatic carbocycles. The van der Waals surface area contributed by atoms with E-state index in [9.17, 15) is 18.0 Å². The molecular formula is C12H12F3NO2. The maximum atomic E-state index is 12.2. The van der Waals surface area contributed by atoms with Crippen LogP contribution in [0.3, 0.4) is 0 Å². The van der Waals surface area contributed by atoms with E-state index >= 15 is 0 Å². The number of fused-ring (bicyclic) bond motifs is 1. The van der Waals surface area contributed by atoms with Gasteiger partial charge in [-0.3, -0.25) is 4.79 Å². The number of para-hydroxylation sites is 1. The van der Waals surface area contributed by atoms with Crippen LogP contribution in [0.5, 0.6) is 5.75 Å². The Balaban J connectivity index is 2.49. The lowest BCUT2D eigenvalue weighted by atomic mass is 9.81. The molecule has 1 aromatic rings. The van der Waals surface area contributed by atoms with E-state index in [2.05, 4.69) is 10.1 Å². The van der Waals surface area contributed by atoms with Crippen molar-refractivity contribution in [2.75, 3.05) is 5.32 Å². The molecule has 0 saturated heterocycles. The molecule has 0 saturated carbocycles. The number of carbonyl (C=O) groups excluding carboxylic acids is 1. The SMILES string of the molecule is CCC1(C)C(=O)Nc2c(OC(F)(F)F)cccc21. The zero-order chi connectivity index (χ0) is 13.6. The molecule has 0 radical (unpaired) electrons. The number of hydrogen-bond donors (Lipinski definition) is 1. The zero-order valence-electron chi connectivity index (χ0n) is 9.89. The second-order valence-corrected chi connectivity index (χ2v) is 4.37. The molecule has 0 fully saturated rings. The van der Waals surface area contributed by atoms with Crippen molar-refractivity contribution in [2.24, 2.45) is 0 Å². The number of alkyl halides is 3. The summed E-state index contributed by atoms with van der Waals surface area (Å²) >= 11 is 0. The summed E-state index contributed by atoms with van der Waals surface area (Å²) in [4.78, 5) is 11.9. The summed E-state index contributed by atoms with van der Waals surface area (Å²) in [5, 5.41) is 2.47. The van der Waals surface area contributed by atoms with Crippen LogP contribution in [0, 0.1) is 0 Å². The first kappa shape index (κ1) is 12.7. The van der Waals surface area contributed by atoms with Crippen LogP contribution in [0.15, 0.2) is 18.2 Å². The predicted octanol–water partition coefficient (Wildman–Crippen LogP) is 3.21. The van der Waals surface area contributed by atoms with E-state index in [4.69, 9.17) is 0 Å². The van der Waals surface area contributed by atoms with Crippen molar-refractivity contribution in [3.05, 3.63) is 23.8 Å². The van der Waals surface area contributed by atoms with Crippen molar-refractivity contribution in [3.63, 3.8) is 0 Å². The number of anilines is 1. The predicted molar refractivity (Wildman–Crippen MR) is 59.4 cm³/mol. The van der Waals surface area contributed by atoms with Crippen LogP contribution >= 0.6 is 0 Å². The fourth-order valence-corrected chi connectivity index (χ4v) is 2.05. The highest BCUT2D eigenvalue weighted by Crippen LogP contribution is 2.45. The third-order valence-corrected chi connectivity index (χ3v) is 3.29. The van der Waals surface area contributed by atoms with Crippen LogP contribution in [0.25, 0.3) is 0 Å². The minimum absolute atomic E-state index is 0.115. The lowest BCUT2D eigenvalue weighted by Crippen LogP contribution is -2.29. The largest absolute Gasteiger partial charge is 0.573 e. The third kappa shape index (κ3) is 1.91. The molecular weight excluding hydrogens is 247 g/mol. The Morgan fingerprint density at radius 2 is 2.06 bits per heavy atom. The smallest absolute Gasteiger partial charge is 0.404 e. The van der Waals surface area contributed by atoms with Crippen LogP contribution in [-0.2, 0) is 10.2 Å². The molecule has 1 amide bonds. The molecule has 3 nitrogen and oxygen atoms in total. The summed E-state index contributed by atoms with van der Waals surface area (Å²) in [6, 6.07) is 4.28. The van der Waals surface area contributed by atoms with Gasteiger partial charge in [0.15, 0.2) is 5.75 Å². The number of rotatable bonds is 2. The van der Waals surface area contributed by atoms with Gasteiger partial charge >= 0.3 is 6.36 Å². The first-order valence-corrected chi connectivity index (χ1v) is 5.48. The van der Waals surface area contributed by atoms with Crippen molar-refractivity contribution < 1.29 is 22.7 Å². The fourth-order valence-electron chi connectivity index (χ4n) is 2.05. The molecule has 0 spiro atoms. The summed E-state index contributed by atoms with van der Waals surface area (Å²) in [5.41, 5.74) is -0.152. The number of halogens is 3. The highest BCUT2D eigenvalue weighted by molar-refractivity contribution is 6.07.